The SMILES string of the molecule is CCC(=O)NC[C@H]1CN(c2cc(F)c(N3CCC(n4ccnn4)CC3)c(F)c2)C(=O)O1. The highest BCUT2D eigenvalue weighted by Crippen LogP contribution is 2.33. The van der Waals surface area contributed by atoms with Crippen molar-refractivity contribution in [2.45, 2.75) is 38.3 Å². The molecule has 0 saturated carbocycles. The van der Waals surface area contributed by atoms with Crippen molar-refractivity contribution in [2.75, 3.05) is 36.0 Å². The molecule has 0 unspecified atom stereocenters. The van der Waals surface area contributed by atoms with Gasteiger partial charge in [-0.15, -0.1) is 5.10 Å². The van der Waals surface area contributed by atoms with Crippen LogP contribution in [0.3, 0.4) is 0 Å². The van der Waals surface area contributed by atoms with Crippen molar-refractivity contribution in [3.05, 3.63) is 36.2 Å². The van der Waals surface area contributed by atoms with E-state index in [1.165, 1.54) is 4.90 Å². The van der Waals surface area contributed by atoms with Crippen LogP contribution in [0.25, 0.3) is 0 Å². The first-order valence-electron chi connectivity index (χ1n) is 10.3. The minimum atomic E-state index is -0.732. The van der Waals surface area contributed by atoms with Crippen molar-refractivity contribution in [3.8, 4) is 0 Å². The van der Waals surface area contributed by atoms with E-state index in [0.29, 0.717) is 32.4 Å². The molecule has 1 aromatic heterocycles. The molecule has 2 aliphatic rings. The van der Waals surface area contributed by atoms with Gasteiger partial charge in [0.15, 0.2) is 11.6 Å². The molecule has 2 aliphatic heterocycles. The molecule has 166 valence electrons. The Morgan fingerprint density at radius 2 is 1.97 bits per heavy atom. The molecule has 1 aromatic carbocycles. The van der Waals surface area contributed by atoms with E-state index in [9.17, 15) is 18.4 Å². The van der Waals surface area contributed by atoms with Gasteiger partial charge in [-0.3, -0.25) is 9.69 Å². The van der Waals surface area contributed by atoms with Crippen LogP contribution in [0.4, 0.5) is 25.0 Å². The molecule has 3 heterocycles. The summed E-state index contributed by atoms with van der Waals surface area (Å²) in [6.07, 6.45) is 3.81. The highest BCUT2D eigenvalue weighted by Gasteiger charge is 2.34. The molecule has 4 rings (SSSR count). The summed E-state index contributed by atoms with van der Waals surface area (Å²) in [5, 5.41) is 10.4. The summed E-state index contributed by atoms with van der Waals surface area (Å²) in [7, 11) is 0. The van der Waals surface area contributed by atoms with Gasteiger partial charge < -0.3 is 15.0 Å². The minimum Gasteiger partial charge on any atom is -0.442 e. The second kappa shape index (κ2) is 8.86. The Bertz CT molecular complexity index is 923. The first kappa shape index (κ1) is 21.0. The standard InChI is InChI=1S/C20H24F2N6O3/c1-2-18(29)23-11-15-12-27(20(30)31-15)14-9-16(21)19(17(22)10-14)26-6-3-13(4-7-26)28-8-5-24-25-28/h5,8-10,13,15H,2-4,6-7,11-12H2,1H3,(H,23,29)/t15-/m0/s1. The maximum Gasteiger partial charge on any atom is 0.414 e. The fourth-order valence-corrected chi connectivity index (χ4v) is 3.97. The summed E-state index contributed by atoms with van der Waals surface area (Å²) in [5.41, 5.74) is -0.00863. The third kappa shape index (κ3) is 4.44. The number of benzene rings is 1. The second-order valence-corrected chi connectivity index (χ2v) is 7.63. The summed E-state index contributed by atoms with van der Waals surface area (Å²) in [4.78, 5) is 26.4. The molecule has 9 nitrogen and oxygen atoms in total. The monoisotopic (exact) mass is 434 g/mol. The maximum absolute atomic E-state index is 14.9. The van der Waals surface area contributed by atoms with Gasteiger partial charge in [-0.05, 0) is 12.8 Å². The van der Waals surface area contributed by atoms with Crippen LogP contribution in [-0.2, 0) is 9.53 Å². The van der Waals surface area contributed by atoms with Crippen molar-refractivity contribution in [1.29, 1.82) is 0 Å². The zero-order valence-corrected chi connectivity index (χ0v) is 17.1. The van der Waals surface area contributed by atoms with E-state index in [0.717, 1.165) is 12.1 Å². The van der Waals surface area contributed by atoms with Gasteiger partial charge in [0.25, 0.3) is 0 Å². The van der Waals surface area contributed by atoms with Crippen LogP contribution in [0.15, 0.2) is 24.5 Å². The zero-order valence-electron chi connectivity index (χ0n) is 17.1. The zero-order chi connectivity index (χ0) is 22.0. The summed E-state index contributed by atoms with van der Waals surface area (Å²) >= 11 is 0. The molecular formula is C20H24F2N6O3. The Morgan fingerprint density at radius 3 is 2.58 bits per heavy atom. The van der Waals surface area contributed by atoms with E-state index in [1.807, 2.05) is 0 Å². The third-order valence-corrected chi connectivity index (χ3v) is 5.63. The Labute approximate surface area is 177 Å². The minimum absolute atomic E-state index is 0.0885. The van der Waals surface area contributed by atoms with Gasteiger partial charge in [-0.25, -0.2) is 18.3 Å². The number of hydrogen-bond acceptors (Lipinski definition) is 6. The highest BCUT2D eigenvalue weighted by atomic mass is 19.1. The number of nitrogens with one attached hydrogen (secondary N) is 1. The number of anilines is 2. The molecule has 1 atom stereocenters. The summed E-state index contributed by atoms with van der Waals surface area (Å²) in [6, 6.07) is 2.44. The molecular weight excluding hydrogens is 410 g/mol. The van der Waals surface area contributed by atoms with Crippen molar-refractivity contribution < 1.29 is 23.1 Å². The molecule has 1 N–H and O–H groups in total. The van der Waals surface area contributed by atoms with E-state index >= 15 is 0 Å². The van der Waals surface area contributed by atoms with Gasteiger partial charge in [-0.1, -0.05) is 12.1 Å². The van der Waals surface area contributed by atoms with Gasteiger partial charge >= 0.3 is 6.09 Å². The van der Waals surface area contributed by atoms with Crippen LogP contribution < -0.4 is 15.1 Å². The van der Waals surface area contributed by atoms with Gasteiger partial charge in [0.1, 0.15) is 11.8 Å². The van der Waals surface area contributed by atoms with Crippen molar-refractivity contribution >= 4 is 23.4 Å². The Morgan fingerprint density at radius 1 is 1.26 bits per heavy atom. The lowest BCUT2D eigenvalue weighted by Gasteiger charge is -2.34. The molecule has 11 heteroatoms. The number of amides is 2. The number of piperidine rings is 1. The number of ether oxygens (including phenoxy) is 1. The van der Waals surface area contributed by atoms with Gasteiger partial charge in [0.2, 0.25) is 5.91 Å². The molecule has 0 bridgehead atoms. The predicted molar refractivity (Wildman–Crippen MR) is 108 cm³/mol. The molecule has 0 spiro atoms. The van der Waals surface area contributed by atoms with E-state index < -0.39 is 23.8 Å². The average molecular weight is 434 g/mol. The fourth-order valence-electron chi connectivity index (χ4n) is 3.97. The number of carbonyl (C=O) groups excluding carboxylic acids is 2. The van der Waals surface area contributed by atoms with Crippen LogP contribution in [0, 0.1) is 11.6 Å². The van der Waals surface area contributed by atoms with E-state index in [2.05, 4.69) is 15.6 Å². The van der Waals surface area contributed by atoms with Crippen LogP contribution in [0.2, 0.25) is 0 Å². The maximum atomic E-state index is 14.9. The quantitative estimate of drug-likeness (QED) is 0.750. The molecule has 2 aromatic rings. The van der Waals surface area contributed by atoms with Crippen molar-refractivity contribution in [2.24, 2.45) is 0 Å². The fraction of sp³-hybridized carbons (Fsp3) is 0.500. The van der Waals surface area contributed by atoms with Gasteiger partial charge in [0.05, 0.1) is 31.0 Å². The third-order valence-electron chi connectivity index (χ3n) is 5.63. The van der Waals surface area contributed by atoms with E-state index in [-0.39, 0.29) is 36.4 Å². The number of hydrogen-bond donors (Lipinski definition) is 1. The molecule has 0 aliphatic carbocycles. The first-order valence-corrected chi connectivity index (χ1v) is 10.3. The van der Waals surface area contributed by atoms with Crippen LogP contribution in [0.5, 0.6) is 0 Å². The first-order chi connectivity index (χ1) is 15.0. The number of aromatic nitrogens is 3. The lowest BCUT2D eigenvalue weighted by Crippen LogP contribution is -2.36. The summed E-state index contributed by atoms with van der Waals surface area (Å²) in [6.45, 7) is 2.92. The smallest absolute Gasteiger partial charge is 0.414 e. The summed E-state index contributed by atoms with van der Waals surface area (Å²) < 4.78 is 36.8. The molecule has 0 radical (unpaired) electrons. The van der Waals surface area contributed by atoms with Gasteiger partial charge in [-0.2, -0.15) is 0 Å². The average Bonchev–Trinajstić information content (AvgIpc) is 3.42. The normalized spacial score (nSPS) is 19.6. The van der Waals surface area contributed by atoms with Crippen LogP contribution in [0.1, 0.15) is 32.2 Å². The number of rotatable bonds is 6. The lowest BCUT2D eigenvalue weighted by molar-refractivity contribution is -0.121. The number of cyclic esters (lactones) is 1. The Kier molecular flexibility index (Phi) is 6.01. The van der Waals surface area contributed by atoms with Crippen molar-refractivity contribution in [1.82, 2.24) is 20.3 Å². The number of halogens is 2. The lowest BCUT2D eigenvalue weighted by atomic mass is 10.0. The predicted octanol–water partition coefficient (Wildman–Crippen LogP) is 2.25. The van der Waals surface area contributed by atoms with Crippen molar-refractivity contribution in [3.63, 3.8) is 0 Å². The van der Waals surface area contributed by atoms with Crippen LogP contribution >= 0.6 is 0 Å². The molecule has 2 fully saturated rings. The topological polar surface area (TPSA) is 92.6 Å². The summed E-state index contributed by atoms with van der Waals surface area (Å²) in [5.74, 6) is -1.63. The molecule has 2 amide bonds. The largest absolute Gasteiger partial charge is 0.442 e. The molecule has 2 saturated heterocycles. The number of nitrogens with zero attached hydrogens (tertiary/aromatic N) is 5. The Balaban J connectivity index is 1.43. The van der Waals surface area contributed by atoms with E-state index in [4.69, 9.17) is 4.74 Å². The van der Waals surface area contributed by atoms with Crippen LogP contribution in [-0.4, -0.2) is 59.3 Å². The van der Waals surface area contributed by atoms with E-state index in [1.54, 1.807) is 28.9 Å². The highest BCUT2D eigenvalue weighted by molar-refractivity contribution is 5.90. The molecule has 31 heavy (non-hydrogen) atoms. The number of carbonyl (C=O) groups is 2. The van der Waals surface area contributed by atoms with Gasteiger partial charge in [0, 0.05) is 37.8 Å². The second-order valence-electron chi connectivity index (χ2n) is 7.63. The Hall–Kier alpha value is -3.24.